The first-order chi connectivity index (χ1) is 9.24. The van der Waals surface area contributed by atoms with Crippen LogP contribution in [0.5, 0.6) is 0 Å². The molecule has 0 aliphatic heterocycles. The molecule has 0 aliphatic rings. The Bertz CT molecular complexity index is 540. The summed E-state index contributed by atoms with van der Waals surface area (Å²) in [6, 6.07) is 7.95. The summed E-state index contributed by atoms with van der Waals surface area (Å²) in [5.41, 5.74) is 1.22. The Morgan fingerprint density at radius 3 is 2.84 bits per heavy atom. The van der Waals surface area contributed by atoms with Crippen molar-refractivity contribution in [3.8, 4) is 0 Å². The Balaban J connectivity index is 2.05. The lowest BCUT2D eigenvalue weighted by molar-refractivity contribution is 0.814. The molecule has 2 nitrogen and oxygen atoms in total. The van der Waals surface area contributed by atoms with Gasteiger partial charge in [-0.2, -0.15) is 0 Å². The lowest BCUT2D eigenvalue weighted by atomic mass is 10.3. The number of nitrogens with zero attached hydrogens (tertiary/aromatic N) is 1. The summed E-state index contributed by atoms with van der Waals surface area (Å²) in [4.78, 5) is 7.17. The predicted molar refractivity (Wildman–Crippen MR) is 85.3 cm³/mol. The molecule has 0 spiro atoms. The summed E-state index contributed by atoms with van der Waals surface area (Å²) in [5.74, 6) is 0.880. The monoisotopic (exact) mass is 312 g/mol. The molecule has 0 aliphatic carbocycles. The van der Waals surface area contributed by atoms with Gasteiger partial charge in [0, 0.05) is 16.3 Å². The van der Waals surface area contributed by atoms with E-state index in [1.165, 1.54) is 15.6 Å². The van der Waals surface area contributed by atoms with Crippen LogP contribution in [-0.4, -0.2) is 12.0 Å². The molecule has 0 fully saturated rings. The molecular weight excluding hydrogens is 296 g/mol. The number of thioether (sulfide) groups is 1. The molecule has 19 heavy (non-hydrogen) atoms. The number of nitrogens with one attached hydrogen (secondary N) is 1. The van der Waals surface area contributed by atoms with Gasteiger partial charge in [-0.15, -0.1) is 23.1 Å². The summed E-state index contributed by atoms with van der Waals surface area (Å²) in [5, 5.41) is 5.19. The van der Waals surface area contributed by atoms with E-state index in [2.05, 4.69) is 18.3 Å². The predicted octanol–water partition coefficient (Wildman–Crippen LogP) is 4.37. The van der Waals surface area contributed by atoms with Crippen molar-refractivity contribution >= 4 is 34.7 Å². The maximum absolute atomic E-state index is 6.16. The molecule has 1 aromatic carbocycles. The van der Waals surface area contributed by atoms with Gasteiger partial charge in [0.15, 0.2) is 0 Å². The number of aryl methyl sites for hydroxylation is 1. The lowest BCUT2D eigenvalue weighted by Gasteiger charge is -2.01. The molecule has 0 amide bonds. The summed E-state index contributed by atoms with van der Waals surface area (Å²) < 4.78 is 0. The van der Waals surface area contributed by atoms with Crippen LogP contribution >= 0.6 is 34.7 Å². The van der Waals surface area contributed by atoms with E-state index in [-0.39, 0.29) is 0 Å². The number of aromatic nitrogens is 1. The molecular formula is C14H17ClN2S2. The van der Waals surface area contributed by atoms with Gasteiger partial charge in [0.25, 0.3) is 0 Å². The fourth-order valence-corrected chi connectivity index (χ4v) is 4.18. The first-order valence-corrected chi connectivity index (χ1v) is 8.42. The standard InChI is InChI=1S/C14H17ClN2S2/c1-3-11-13(8-16-2)19-14(17-11)9-18-12-7-5-4-6-10(12)15/h4-7,16H,3,8-9H2,1-2H3. The molecule has 1 N–H and O–H groups in total. The van der Waals surface area contributed by atoms with Crippen molar-refractivity contribution in [2.24, 2.45) is 0 Å². The molecule has 0 unspecified atom stereocenters. The van der Waals surface area contributed by atoms with Crippen LogP contribution in [0.4, 0.5) is 0 Å². The second-order valence-corrected chi connectivity index (χ2v) is 6.67. The Morgan fingerprint density at radius 1 is 1.37 bits per heavy atom. The second-order valence-electron chi connectivity index (χ2n) is 4.08. The van der Waals surface area contributed by atoms with E-state index >= 15 is 0 Å². The van der Waals surface area contributed by atoms with Crippen LogP contribution in [0.3, 0.4) is 0 Å². The Kier molecular flexibility index (Phi) is 5.70. The molecule has 2 rings (SSSR count). The van der Waals surface area contributed by atoms with Crippen molar-refractivity contribution < 1.29 is 0 Å². The number of hydrogen-bond donors (Lipinski definition) is 1. The first-order valence-electron chi connectivity index (χ1n) is 6.24. The van der Waals surface area contributed by atoms with Gasteiger partial charge in [-0.3, -0.25) is 0 Å². The SMILES string of the molecule is CCc1nc(CSc2ccccc2Cl)sc1CNC. The Morgan fingerprint density at radius 2 is 2.16 bits per heavy atom. The number of hydrogen-bond acceptors (Lipinski definition) is 4. The molecule has 1 heterocycles. The van der Waals surface area contributed by atoms with E-state index in [0.717, 1.165) is 28.6 Å². The van der Waals surface area contributed by atoms with Crippen molar-refractivity contribution in [2.75, 3.05) is 7.05 Å². The van der Waals surface area contributed by atoms with Crippen LogP contribution in [0, 0.1) is 0 Å². The molecule has 0 radical (unpaired) electrons. The molecule has 0 atom stereocenters. The molecule has 5 heteroatoms. The van der Waals surface area contributed by atoms with Gasteiger partial charge in [0.2, 0.25) is 0 Å². The molecule has 1 aromatic heterocycles. The highest BCUT2D eigenvalue weighted by atomic mass is 35.5. The number of halogens is 1. The summed E-state index contributed by atoms with van der Waals surface area (Å²) in [6.45, 7) is 3.05. The van der Waals surface area contributed by atoms with Crippen LogP contribution in [0.1, 0.15) is 22.5 Å². The summed E-state index contributed by atoms with van der Waals surface area (Å²) in [6.07, 6.45) is 0.990. The third-order valence-corrected chi connectivity index (χ3v) is 5.49. The number of thiazole rings is 1. The van der Waals surface area contributed by atoms with E-state index in [1.807, 2.05) is 25.2 Å². The van der Waals surface area contributed by atoms with Gasteiger partial charge in [0.05, 0.1) is 16.5 Å². The number of benzene rings is 1. The lowest BCUT2D eigenvalue weighted by Crippen LogP contribution is -2.05. The highest BCUT2D eigenvalue weighted by Gasteiger charge is 2.10. The summed E-state index contributed by atoms with van der Waals surface area (Å²) in [7, 11) is 1.97. The van der Waals surface area contributed by atoms with E-state index < -0.39 is 0 Å². The molecule has 0 saturated heterocycles. The normalized spacial score (nSPS) is 10.9. The van der Waals surface area contributed by atoms with Crippen molar-refractivity contribution in [1.29, 1.82) is 0 Å². The Labute approximate surface area is 127 Å². The average molecular weight is 313 g/mol. The maximum atomic E-state index is 6.16. The smallest absolute Gasteiger partial charge is 0.103 e. The largest absolute Gasteiger partial charge is 0.315 e. The van der Waals surface area contributed by atoms with Crippen molar-refractivity contribution in [3.63, 3.8) is 0 Å². The maximum Gasteiger partial charge on any atom is 0.103 e. The zero-order valence-electron chi connectivity index (χ0n) is 11.1. The van der Waals surface area contributed by atoms with Gasteiger partial charge in [-0.1, -0.05) is 30.7 Å². The third kappa shape index (κ3) is 3.96. The quantitative estimate of drug-likeness (QED) is 0.802. The molecule has 2 aromatic rings. The fraction of sp³-hybridized carbons (Fsp3) is 0.357. The fourth-order valence-electron chi connectivity index (χ4n) is 1.77. The van der Waals surface area contributed by atoms with Crippen LogP contribution in [0.15, 0.2) is 29.2 Å². The topological polar surface area (TPSA) is 24.9 Å². The third-order valence-electron chi connectivity index (χ3n) is 2.68. The van der Waals surface area contributed by atoms with Crippen molar-refractivity contribution in [2.45, 2.75) is 30.5 Å². The van der Waals surface area contributed by atoms with Gasteiger partial charge in [-0.05, 0) is 25.6 Å². The van der Waals surface area contributed by atoms with Gasteiger partial charge < -0.3 is 5.32 Å². The van der Waals surface area contributed by atoms with Crippen LogP contribution in [0.25, 0.3) is 0 Å². The van der Waals surface area contributed by atoms with Gasteiger partial charge in [0.1, 0.15) is 5.01 Å². The van der Waals surface area contributed by atoms with E-state index in [1.54, 1.807) is 23.1 Å². The molecule has 0 bridgehead atoms. The second kappa shape index (κ2) is 7.29. The van der Waals surface area contributed by atoms with E-state index in [0.29, 0.717) is 0 Å². The first kappa shape index (κ1) is 14.9. The van der Waals surface area contributed by atoms with Crippen LogP contribution in [-0.2, 0) is 18.7 Å². The number of rotatable bonds is 6. The minimum Gasteiger partial charge on any atom is -0.315 e. The zero-order valence-corrected chi connectivity index (χ0v) is 13.5. The average Bonchev–Trinajstić information content (AvgIpc) is 2.81. The minimum absolute atomic E-state index is 0.815. The minimum atomic E-state index is 0.815. The van der Waals surface area contributed by atoms with Crippen molar-refractivity contribution in [3.05, 3.63) is 44.9 Å². The molecule has 102 valence electrons. The summed E-state index contributed by atoms with van der Waals surface area (Å²) >= 11 is 9.70. The van der Waals surface area contributed by atoms with E-state index in [4.69, 9.17) is 16.6 Å². The van der Waals surface area contributed by atoms with Crippen LogP contribution < -0.4 is 5.32 Å². The van der Waals surface area contributed by atoms with Crippen LogP contribution in [0.2, 0.25) is 5.02 Å². The van der Waals surface area contributed by atoms with E-state index in [9.17, 15) is 0 Å². The highest BCUT2D eigenvalue weighted by Crippen LogP contribution is 2.31. The van der Waals surface area contributed by atoms with Gasteiger partial charge >= 0.3 is 0 Å². The zero-order chi connectivity index (χ0) is 13.7. The van der Waals surface area contributed by atoms with Gasteiger partial charge in [-0.25, -0.2) is 4.98 Å². The Hall–Kier alpha value is -0.550. The molecule has 0 saturated carbocycles. The van der Waals surface area contributed by atoms with Crippen molar-refractivity contribution in [1.82, 2.24) is 10.3 Å². The highest BCUT2D eigenvalue weighted by molar-refractivity contribution is 7.98.